The summed E-state index contributed by atoms with van der Waals surface area (Å²) >= 11 is 6.53. The largest absolute Gasteiger partial charge is 0.490 e. The van der Waals surface area contributed by atoms with Crippen LogP contribution in [0.25, 0.3) is 0 Å². The molecule has 0 aliphatic carbocycles. The molecule has 1 aromatic carbocycles. The highest BCUT2D eigenvalue weighted by atomic mass is 79.9. The predicted molar refractivity (Wildman–Crippen MR) is 68.1 cm³/mol. The van der Waals surface area contributed by atoms with E-state index in [2.05, 4.69) is 31.9 Å². The lowest BCUT2D eigenvalue weighted by atomic mass is 10.2. The molecular formula is C11H11Br2F3O. The molecule has 0 saturated heterocycles. The molecule has 0 radical (unpaired) electrons. The molecule has 1 aromatic rings. The minimum Gasteiger partial charge on any atom is -0.490 e. The van der Waals surface area contributed by atoms with Gasteiger partial charge in [0.05, 0.1) is 5.56 Å². The average molecular weight is 376 g/mol. The maximum atomic E-state index is 12.5. The van der Waals surface area contributed by atoms with Crippen LogP contribution < -0.4 is 4.74 Å². The topological polar surface area (TPSA) is 9.23 Å². The number of hydrogen-bond acceptors (Lipinski definition) is 1. The fourth-order valence-corrected chi connectivity index (χ4v) is 2.19. The van der Waals surface area contributed by atoms with Crippen molar-refractivity contribution in [3.8, 4) is 5.75 Å². The normalized spacial score (nSPS) is 13.5. The second kappa shape index (κ2) is 6.64. The number of hydrogen-bond donors (Lipinski definition) is 0. The fourth-order valence-electron chi connectivity index (χ4n) is 1.23. The molecule has 17 heavy (non-hydrogen) atoms. The standard InChI is InChI=1S/C11H11Br2F3O/c12-5-4-10(7-13)17-9-3-1-2-8(6-9)11(14,15)16/h1-3,6,10H,4-5,7H2. The number of rotatable bonds is 5. The molecule has 1 unspecified atom stereocenters. The fraction of sp³-hybridized carbons (Fsp3) is 0.455. The minimum absolute atomic E-state index is 0.141. The van der Waals surface area contributed by atoms with E-state index < -0.39 is 11.7 Å². The van der Waals surface area contributed by atoms with E-state index in [1.165, 1.54) is 12.1 Å². The average Bonchev–Trinajstić information content (AvgIpc) is 2.28. The van der Waals surface area contributed by atoms with Crippen LogP contribution in [0, 0.1) is 0 Å². The molecule has 0 N–H and O–H groups in total. The Morgan fingerprint density at radius 2 is 1.94 bits per heavy atom. The Kier molecular flexibility index (Phi) is 5.79. The van der Waals surface area contributed by atoms with Gasteiger partial charge in [-0.3, -0.25) is 0 Å². The third-order valence-corrected chi connectivity index (χ3v) is 3.25. The zero-order valence-electron chi connectivity index (χ0n) is 8.81. The Labute approximate surface area is 115 Å². The van der Waals surface area contributed by atoms with Crippen LogP contribution in [0.3, 0.4) is 0 Å². The molecule has 0 fully saturated rings. The van der Waals surface area contributed by atoms with Gasteiger partial charge in [-0.2, -0.15) is 13.2 Å². The summed E-state index contributed by atoms with van der Waals surface area (Å²) in [6.45, 7) is 0. The lowest BCUT2D eigenvalue weighted by Crippen LogP contribution is -2.19. The van der Waals surface area contributed by atoms with Crippen molar-refractivity contribution >= 4 is 31.9 Å². The molecule has 1 nitrogen and oxygen atoms in total. The van der Waals surface area contributed by atoms with E-state index in [4.69, 9.17) is 4.74 Å². The van der Waals surface area contributed by atoms with Gasteiger partial charge in [-0.25, -0.2) is 0 Å². The van der Waals surface area contributed by atoms with Crippen molar-refractivity contribution in [2.75, 3.05) is 10.7 Å². The summed E-state index contributed by atoms with van der Waals surface area (Å²) < 4.78 is 42.9. The second-order valence-corrected chi connectivity index (χ2v) is 4.84. The Balaban J connectivity index is 2.78. The summed E-state index contributed by atoms with van der Waals surface area (Å²) in [4.78, 5) is 0. The van der Waals surface area contributed by atoms with Crippen molar-refractivity contribution in [1.82, 2.24) is 0 Å². The SMILES string of the molecule is FC(F)(F)c1cccc(OC(CBr)CCBr)c1. The van der Waals surface area contributed by atoms with Gasteiger partial charge in [-0.05, 0) is 24.6 Å². The number of halogens is 5. The third kappa shape index (κ3) is 4.87. The quantitative estimate of drug-likeness (QED) is 0.681. The predicted octanol–water partition coefficient (Wildman–Crippen LogP) is 4.63. The minimum atomic E-state index is -4.33. The van der Waals surface area contributed by atoms with Crippen LogP contribution >= 0.6 is 31.9 Å². The Morgan fingerprint density at radius 3 is 2.47 bits per heavy atom. The molecule has 0 heterocycles. The molecule has 0 aliphatic heterocycles. The first-order chi connectivity index (χ1) is 7.97. The van der Waals surface area contributed by atoms with E-state index in [-0.39, 0.29) is 11.9 Å². The maximum absolute atomic E-state index is 12.5. The first-order valence-electron chi connectivity index (χ1n) is 4.93. The number of benzene rings is 1. The Hall–Kier alpha value is -0.230. The number of ether oxygens (including phenoxy) is 1. The molecule has 0 aromatic heterocycles. The number of alkyl halides is 5. The zero-order valence-corrected chi connectivity index (χ0v) is 12.0. The van der Waals surface area contributed by atoms with Crippen molar-refractivity contribution < 1.29 is 17.9 Å². The molecule has 0 spiro atoms. The highest BCUT2D eigenvalue weighted by Crippen LogP contribution is 2.31. The van der Waals surface area contributed by atoms with E-state index in [1.807, 2.05) is 0 Å². The van der Waals surface area contributed by atoms with E-state index in [0.29, 0.717) is 5.33 Å². The summed E-state index contributed by atoms with van der Waals surface area (Å²) in [5.74, 6) is 0.241. The van der Waals surface area contributed by atoms with Crippen LogP contribution in [0.1, 0.15) is 12.0 Å². The van der Waals surface area contributed by atoms with Gasteiger partial charge in [0, 0.05) is 10.7 Å². The Bertz CT molecular complexity index is 355. The molecule has 0 amide bonds. The van der Waals surface area contributed by atoms with Crippen LogP contribution in [-0.2, 0) is 6.18 Å². The smallest absolute Gasteiger partial charge is 0.416 e. The van der Waals surface area contributed by atoms with Gasteiger partial charge >= 0.3 is 6.18 Å². The maximum Gasteiger partial charge on any atom is 0.416 e. The van der Waals surface area contributed by atoms with Gasteiger partial charge in [0.2, 0.25) is 0 Å². The van der Waals surface area contributed by atoms with Crippen LogP contribution in [0.4, 0.5) is 13.2 Å². The molecule has 0 saturated carbocycles. The van der Waals surface area contributed by atoms with Crippen LogP contribution in [-0.4, -0.2) is 16.8 Å². The van der Waals surface area contributed by atoms with Gasteiger partial charge in [0.25, 0.3) is 0 Å². The lowest BCUT2D eigenvalue weighted by molar-refractivity contribution is -0.137. The molecule has 0 bridgehead atoms. The van der Waals surface area contributed by atoms with E-state index in [9.17, 15) is 13.2 Å². The van der Waals surface area contributed by atoms with Crippen molar-refractivity contribution in [1.29, 1.82) is 0 Å². The van der Waals surface area contributed by atoms with Crippen LogP contribution in [0.5, 0.6) is 5.75 Å². The molecule has 6 heteroatoms. The molecule has 0 aliphatic rings. The first-order valence-corrected chi connectivity index (χ1v) is 7.17. The highest BCUT2D eigenvalue weighted by Gasteiger charge is 2.30. The van der Waals surface area contributed by atoms with Crippen molar-refractivity contribution in [3.63, 3.8) is 0 Å². The van der Waals surface area contributed by atoms with E-state index >= 15 is 0 Å². The summed E-state index contributed by atoms with van der Waals surface area (Å²) in [6, 6.07) is 4.92. The van der Waals surface area contributed by atoms with Gasteiger partial charge in [-0.1, -0.05) is 37.9 Å². The summed E-state index contributed by atoms with van der Waals surface area (Å²) in [6.07, 6.45) is -3.75. The van der Waals surface area contributed by atoms with Gasteiger partial charge in [0.1, 0.15) is 11.9 Å². The Morgan fingerprint density at radius 1 is 1.24 bits per heavy atom. The molecule has 96 valence electrons. The van der Waals surface area contributed by atoms with Gasteiger partial charge < -0.3 is 4.74 Å². The summed E-state index contributed by atoms with van der Waals surface area (Å²) in [7, 11) is 0. The van der Waals surface area contributed by atoms with Crippen LogP contribution in [0.15, 0.2) is 24.3 Å². The monoisotopic (exact) mass is 374 g/mol. The van der Waals surface area contributed by atoms with Gasteiger partial charge in [0.15, 0.2) is 0 Å². The lowest BCUT2D eigenvalue weighted by Gasteiger charge is -2.16. The van der Waals surface area contributed by atoms with Crippen molar-refractivity contribution in [3.05, 3.63) is 29.8 Å². The zero-order chi connectivity index (χ0) is 12.9. The molecule has 1 rings (SSSR count). The van der Waals surface area contributed by atoms with E-state index in [0.717, 1.165) is 23.9 Å². The van der Waals surface area contributed by atoms with Crippen molar-refractivity contribution in [2.24, 2.45) is 0 Å². The second-order valence-electron chi connectivity index (χ2n) is 3.40. The summed E-state index contributed by atoms with van der Waals surface area (Å²) in [5.41, 5.74) is -0.692. The third-order valence-electron chi connectivity index (χ3n) is 2.07. The van der Waals surface area contributed by atoms with Crippen LogP contribution in [0.2, 0.25) is 0 Å². The molecular weight excluding hydrogens is 365 g/mol. The van der Waals surface area contributed by atoms with Gasteiger partial charge in [-0.15, -0.1) is 0 Å². The highest BCUT2D eigenvalue weighted by molar-refractivity contribution is 9.09. The summed E-state index contributed by atoms with van der Waals surface area (Å²) in [5, 5.41) is 1.32. The van der Waals surface area contributed by atoms with Crippen molar-refractivity contribution in [2.45, 2.75) is 18.7 Å². The molecule has 1 atom stereocenters. The first kappa shape index (κ1) is 14.8. The van der Waals surface area contributed by atoms with E-state index in [1.54, 1.807) is 0 Å².